The Morgan fingerprint density at radius 3 is 2.74 bits per heavy atom. The molecule has 1 saturated heterocycles. The molecule has 1 aliphatic heterocycles. The summed E-state index contributed by atoms with van der Waals surface area (Å²) in [7, 11) is 1.37. The van der Waals surface area contributed by atoms with Gasteiger partial charge >= 0.3 is 5.97 Å². The lowest BCUT2D eigenvalue weighted by Gasteiger charge is -2.29. The molecule has 2 fully saturated rings. The molecule has 34 heavy (non-hydrogen) atoms. The molecule has 1 amide bonds. The van der Waals surface area contributed by atoms with E-state index in [-0.39, 0.29) is 24.5 Å². The molecule has 0 bridgehead atoms. The van der Waals surface area contributed by atoms with Crippen molar-refractivity contribution in [3.05, 3.63) is 46.8 Å². The molecule has 4 unspecified atom stereocenters. The average molecular weight is 471 g/mol. The van der Waals surface area contributed by atoms with Crippen molar-refractivity contribution in [3.8, 4) is 0 Å². The number of rotatable bonds is 9. The molecule has 186 valence electrons. The second-order valence-corrected chi connectivity index (χ2v) is 9.82. The van der Waals surface area contributed by atoms with Crippen molar-refractivity contribution < 1.29 is 24.2 Å². The van der Waals surface area contributed by atoms with Gasteiger partial charge in [-0.2, -0.15) is 0 Å². The van der Waals surface area contributed by atoms with E-state index in [1.165, 1.54) is 7.11 Å². The second kappa shape index (κ2) is 10.5. The monoisotopic (exact) mass is 470 g/mol. The smallest absolute Gasteiger partial charge is 0.354 e. The van der Waals surface area contributed by atoms with Crippen LogP contribution < -0.4 is 0 Å². The maximum atomic E-state index is 13.6. The van der Waals surface area contributed by atoms with Crippen LogP contribution in [0.4, 0.5) is 0 Å². The Kier molecular flexibility index (Phi) is 7.63. The van der Waals surface area contributed by atoms with Crippen LogP contribution in [-0.2, 0) is 20.8 Å². The summed E-state index contributed by atoms with van der Waals surface area (Å²) in [5.74, 6) is 0.486. The maximum absolute atomic E-state index is 13.6. The van der Waals surface area contributed by atoms with Crippen LogP contribution in [0.3, 0.4) is 0 Å². The molecular weight excluding hydrogens is 432 g/mol. The molecule has 2 aliphatic carbocycles. The van der Waals surface area contributed by atoms with E-state index >= 15 is 0 Å². The first kappa shape index (κ1) is 24.7. The van der Waals surface area contributed by atoms with Crippen molar-refractivity contribution in [3.63, 3.8) is 0 Å². The highest BCUT2D eigenvalue weighted by molar-refractivity contribution is 5.90. The molecule has 0 radical (unpaired) electrons. The van der Waals surface area contributed by atoms with Gasteiger partial charge in [-0.25, -0.2) is 4.79 Å². The van der Waals surface area contributed by atoms with Crippen LogP contribution in [0.5, 0.6) is 0 Å². The molecule has 1 saturated carbocycles. The quantitative estimate of drug-likeness (QED) is 0.557. The van der Waals surface area contributed by atoms with Crippen molar-refractivity contribution in [2.24, 2.45) is 17.8 Å². The highest BCUT2D eigenvalue weighted by Crippen LogP contribution is 2.48. The van der Waals surface area contributed by atoms with Crippen LogP contribution in [0.1, 0.15) is 66.0 Å². The SMILES string of the molecule is CCn1c(C)c(C(O)CN(CC2CCCO2)C(=O)C2C[C@H]2C2C=CC=CC2)c(C)c1C(=O)OC. The Morgan fingerprint density at radius 2 is 2.12 bits per heavy atom. The van der Waals surface area contributed by atoms with Gasteiger partial charge in [-0.15, -0.1) is 0 Å². The van der Waals surface area contributed by atoms with Crippen molar-refractivity contribution >= 4 is 11.9 Å². The number of carbonyl (C=O) groups is 2. The average Bonchev–Trinajstić information content (AvgIpc) is 3.39. The van der Waals surface area contributed by atoms with Gasteiger partial charge in [-0.1, -0.05) is 24.3 Å². The Morgan fingerprint density at radius 1 is 1.32 bits per heavy atom. The number of aliphatic hydroxyl groups is 1. The number of methoxy groups -OCH3 is 1. The van der Waals surface area contributed by atoms with Gasteiger partial charge in [-0.05, 0) is 63.9 Å². The standard InChI is InChI=1S/C27H38N2O5/c1-5-29-18(3)24(17(2)25(29)27(32)33-4)23(30)16-28(15-20-12-9-13-34-20)26(31)22-14-21(22)19-10-7-6-8-11-19/h6-8,10,19-23,30H,5,9,11-16H2,1-4H3/t19?,20?,21-,22?,23?/m0/s1. The lowest BCUT2D eigenvalue weighted by molar-refractivity contribution is -0.136. The summed E-state index contributed by atoms with van der Waals surface area (Å²) in [5, 5.41) is 11.4. The number of amides is 1. The first-order valence-corrected chi connectivity index (χ1v) is 12.6. The topological polar surface area (TPSA) is 81.0 Å². The summed E-state index contributed by atoms with van der Waals surface area (Å²) in [6.45, 7) is 7.72. The van der Waals surface area contributed by atoms with Crippen LogP contribution in [0.15, 0.2) is 24.3 Å². The minimum atomic E-state index is -0.892. The van der Waals surface area contributed by atoms with Crippen LogP contribution in [-0.4, -0.2) is 59.4 Å². The highest BCUT2D eigenvalue weighted by atomic mass is 16.5. The first-order chi connectivity index (χ1) is 16.4. The molecule has 1 aromatic rings. The van der Waals surface area contributed by atoms with E-state index in [0.717, 1.165) is 38.0 Å². The van der Waals surface area contributed by atoms with E-state index in [1.807, 2.05) is 30.2 Å². The fraction of sp³-hybridized carbons (Fsp3) is 0.630. The number of esters is 1. The lowest BCUT2D eigenvalue weighted by atomic mass is 9.94. The highest BCUT2D eigenvalue weighted by Gasteiger charge is 2.48. The summed E-state index contributed by atoms with van der Waals surface area (Å²) in [6.07, 6.45) is 11.5. The summed E-state index contributed by atoms with van der Waals surface area (Å²) >= 11 is 0. The number of carbonyl (C=O) groups excluding carboxylic acids is 2. The lowest BCUT2D eigenvalue weighted by Crippen LogP contribution is -2.41. The number of nitrogens with zero attached hydrogens (tertiary/aromatic N) is 2. The summed E-state index contributed by atoms with van der Waals surface area (Å²) in [6, 6.07) is 0. The zero-order valence-electron chi connectivity index (χ0n) is 20.8. The molecule has 5 atom stereocenters. The van der Waals surface area contributed by atoms with Crippen molar-refractivity contribution in [1.29, 1.82) is 0 Å². The number of aromatic nitrogens is 1. The van der Waals surface area contributed by atoms with Gasteiger partial charge in [0.1, 0.15) is 5.69 Å². The Labute approximate surface area is 202 Å². The van der Waals surface area contributed by atoms with E-state index in [2.05, 4.69) is 24.3 Å². The van der Waals surface area contributed by atoms with E-state index < -0.39 is 12.1 Å². The van der Waals surface area contributed by atoms with Crippen LogP contribution >= 0.6 is 0 Å². The fourth-order valence-corrected chi connectivity index (χ4v) is 5.87. The molecule has 3 aliphatic rings. The van der Waals surface area contributed by atoms with Crippen molar-refractivity contribution in [2.45, 2.75) is 65.2 Å². The van der Waals surface area contributed by atoms with E-state index in [9.17, 15) is 14.7 Å². The minimum Gasteiger partial charge on any atom is -0.464 e. The molecule has 4 rings (SSSR count). The van der Waals surface area contributed by atoms with Crippen LogP contribution in [0.25, 0.3) is 0 Å². The predicted molar refractivity (Wildman–Crippen MR) is 129 cm³/mol. The molecule has 0 spiro atoms. The van der Waals surface area contributed by atoms with Gasteiger partial charge in [0.2, 0.25) is 5.91 Å². The largest absolute Gasteiger partial charge is 0.464 e. The summed E-state index contributed by atoms with van der Waals surface area (Å²) < 4.78 is 12.7. The third-order valence-corrected chi connectivity index (χ3v) is 7.73. The minimum absolute atomic E-state index is 0.00261. The van der Waals surface area contributed by atoms with Crippen LogP contribution in [0, 0.1) is 31.6 Å². The summed E-state index contributed by atoms with van der Waals surface area (Å²) in [4.78, 5) is 27.8. The Bertz CT molecular complexity index is 972. The summed E-state index contributed by atoms with van der Waals surface area (Å²) in [5.41, 5.74) is 2.72. The fourth-order valence-electron chi connectivity index (χ4n) is 5.87. The molecule has 7 heteroatoms. The van der Waals surface area contributed by atoms with Crippen molar-refractivity contribution in [1.82, 2.24) is 9.47 Å². The molecule has 1 N–H and O–H groups in total. The Hall–Kier alpha value is -2.38. The zero-order chi connectivity index (χ0) is 24.4. The van der Waals surface area contributed by atoms with Gasteiger partial charge in [0.15, 0.2) is 0 Å². The Balaban J connectivity index is 1.54. The molecule has 7 nitrogen and oxygen atoms in total. The number of ether oxygens (including phenoxy) is 2. The molecule has 2 heterocycles. The van der Waals surface area contributed by atoms with Crippen LogP contribution in [0.2, 0.25) is 0 Å². The van der Waals surface area contributed by atoms with Gasteiger partial charge < -0.3 is 24.0 Å². The zero-order valence-corrected chi connectivity index (χ0v) is 20.8. The van der Waals surface area contributed by atoms with Crippen molar-refractivity contribution in [2.75, 3.05) is 26.8 Å². The number of hydrogen-bond donors (Lipinski definition) is 1. The van der Waals surface area contributed by atoms with E-state index in [0.29, 0.717) is 41.7 Å². The normalized spacial score (nSPS) is 26.5. The van der Waals surface area contributed by atoms with Gasteiger partial charge in [-0.3, -0.25) is 4.79 Å². The number of allylic oxidation sites excluding steroid dienone is 4. The van der Waals surface area contributed by atoms with Gasteiger partial charge in [0.05, 0.1) is 25.9 Å². The number of hydrogen-bond acceptors (Lipinski definition) is 5. The molecular formula is C27H38N2O5. The third kappa shape index (κ3) is 4.86. The first-order valence-electron chi connectivity index (χ1n) is 12.6. The third-order valence-electron chi connectivity index (χ3n) is 7.73. The molecule has 1 aromatic heterocycles. The van der Waals surface area contributed by atoms with Gasteiger partial charge in [0, 0.05) is 36.9 Å². The predicted octanol–water partition coefficient (Wildman–Crippen LogP) is 3.72. The maximum Gasteiger partial charge on any atom is 0.354 e. The van der Waals surface area contributed by atoms with E-state index in [1.54, 1.807) is 0 Å². The second-order valence-electron chi connectivity index (χ2n) is 9.82. The molecule has 0 aromatic carbocycles. The van der Waals surface area contributed by atoms with E-state index in [4.69, 9.17) is 9.47 Å². The van der Waals surface area contributed by atoms with Gasteiger partial charge in [0.25, 0.3) is 0 Å². The number of aliphatic hydroxyl groups excluding tert-OH is 1.